The Morgan fingerprint density at radius 1 is 1.38 bits per heavy atom. The van der Waals surface area contributed by atoms with Crippen LogP contribution in [0.1, 0.15) is 35.2 Å². The molecule has 1 amide bonds. The number of benzene rings is 1. The van der Waals surface area contributed by atoms with Crippen molar-refractivity contribution in [3.8, 4) is 0 Å². The summed E-state index contributed by atoms with van der Waals surface area (Å²) in [5, 5.41) is 9.66. The van der Waals surface area contributed by atoms with Gasteiger partial charge in [0, 0.05) is 31.5 Å². The highest BCUT2D eigenvalue weighted by molar-refractivity contribution is 7.99. The van der Waals surface area contributed by atoms with Gasteiger partial charge in [0.1, 0.15) is 0 Å². The van der Waals surface area contributed by atoms with Gasteiger partial charge in [-0.3, -0.25) is 14.2 Å². The number of ether oxygens (including phenoxy) is 1. The molecule has 138 valence electrons. The van der Waals surface area contributed by atoms with E-state index in [0.29, 0.717) is 30.3 Å². The number of hydrogen-bond donors (Lipinski definition) is 2. The number of methoxy groups -OCH3 is 1. The lowest BCUT2D eigenvalue weighted by molar-refractivity contribution is -0.116. The number of rotatable bonds is 8. The van der Waals surface area contributed by atoms with E-state index >= 15 is 0 Å². The smallest absolute Gasteiger partial charge is 0.343 e. The first-order valence-corrected chi connectivity index (χ1v) is 9.24. The number of anilines is 1. The number of aromatic amines is 1. The fraction of sp³-hybridized carbons (Fsp3) is 0.412. The molecule has 0 radical (unpaired) electrons. The van der Waals surface area contributed by atoms with Gasteiger partial charge in [-0.1, -0.05) is 11.8 Å². The second-order valence-corrected chi connectivity index (χ2v) is 6.98. The zero-order valence-corrected chi connectivity index (χ0v) is 15.4. The molecule has 2 N–H and O–H groups in total. The van der Waals surface area contributed by atoms with Crippen LogP contribution in [0, 0.1) is 0 Å². The first kappa shape index (κ1) is 18.4. The number of fused-ring (bicyclic) bond motifs is 1. The summed E-state index contributed by atoms with van der Waals surface area (Å²) in [6.45, 7) is 2.83. The Labute approximate surface area is 154 Å². The van der Waals surface area contributed by atoms with Crippen LogP contribution >= 0.6 is 11.8 Å². The highest BCUT2D eigenvalue weighted by Gasteiger charge is 2.27. The summed E-state index contributed by atoms with van der Waals surface area (Å²) in [5.74, 6) is -0.246. The van der Waals surface area contributed by atoms with E-state index in [1.807, 2.05) is 6.92 Å². The van der Waals surface area contributed by atoms with Crippen LogP contribution in [0.5, 0.6) is 0 Å². The molecule has 2 heterocycles. The van der Waals surface area contributed by atoms with Crippen LogP contribution in [0.3, 0.4) is 0 Å². The number of thioether (sulfide) groups is 1. The van der Waals surface area contributed by atoms with Crippen molar-refractivity contribution in [2.24, 2.45) is 0 Å². The quantitative estimate of drug-likeness (QED) is 0.412. The van der Waals surface area contributed by atoms with Gasteiger partial charge in [-0.05, 0) is 37.1 Å². The van der Waals surface area contributed by atoms with E-state index in [9.17, 15) is 14.4 Å². The van der Waals surface area contributed by atoms with Crippen LogP contribution < -0.4 is 11.0 Å². The highest BCUT2D eigenvalue weighted by Crippen LogP contribution is 2.33. The molecule has 0 bridgehead atoms. The number of aromatic nitrogens is 3. The SMILES string of the molecule is COCCCn1c(SCC(=O)c2ccc3c(c2)[C@@H](C)C(=O)N3)n[nH]c1=O. The lowest BCUT2D eigenvalue weighted by atomic mass is 9.99. The van der Waals surface area contributed by atoms with E-state index in [4.69, 9.17) is 4.74 Å². The summed E-state index contributed by atoms with van der Waals surface area (Å²) < 4.78 is 6.50. The maximum atomic E-state index is 12.5. The molecule has 1 atom stereocenters. The third kappa shape index (κ3) is 3.73. The summed E-state index contributed by atoms with van der Waals surface area (Å²) in [5.41, 5.74) is 1.84. The molecule has 2 aromatic rings. The van der Waals surface area contributed by atoms with E-state index in [1.54, 1.807) is 25.3 Å². The Bertz CT molecular complexity index is 889. The Morgan fingerprint density at radius 3 is 2.96 bits per heavy atom. The van der Waals surface area contributed by atoms with Crippen LogP contribution in [0.4, 0.5) is 5.69 Å². The van der Waals surface area contributed by atoms with Gasteiger partial charge in [-0.15, -0.1) is 5.10 Å². The van der Waals surface area contributed by atoms with Gasteiger partial charge in [0.2, 0.25) is 5.91 Å². The van der Waals surface area contributed by atoms with E-state index in [2.05, 4.69) is 15.5 Å². The van der Waals surface area contributed by atoms with Crippen LogP contribution in [0.2, 0.25) is 0 Å². The molecular weight excluding hydrogens is 356 g/mol. The fourth-order valence-electron chi connectivity index (χ4n) is 2.78. The average Bonchev–Trinajstić information content (AvgIpc) is 3.13. The summed E-state index contributed by atoms with van der Waals surface area (Å²) in [4.78, 5) is 36.0. The van der Waals surface area contributed by atoms with Crippen molar-refractivity contribution in [2.45, 2.75) is 31.0 Å². The second kappa shape index (κ2) is 7.88. The molecule has 0 aliphatic carbocycles. The normalized spacial score (nSPS) is 15.8. The molecule has 3 rings (SSSR count). The molecule has 1 aliphatic rings. The van der Waals surface area contributed by atoms with Crippen molar-refractivity contribution >= 4 is 29.1 Å². The Kier molecular flexibility index (Phi) is 5.58. The van der Waals surface area contributed by atoms with Gasteiger partial charge >= 0.3 is 5.69 Å². The predicted octanol–water partition coefficient (Wildman–Crippen LogP) is 1.64. The van der Waals surface area contributed by atoms with E-state index < -0.39 is 0 Å². The van der Waals surface area contributed by atoms with E-state index in [1.165, 1.54) is 16.3 Å². The zero-order valence-electron chi connectivity index (χ0n) is 14.6. The maximum absolute atomic E-state index is 12.5. The molecule has 8 nitrogen and oxygen atoms in total. The van der Waals surface area contributed by atoms with Gasteiger partial charge < -0.3 is 10.1 Å². The number of hydrogen-bond acceptors (Lipinski definition) is 6. The Hall–Kier alpha value is -2.39. The number of H-pyrrole nitrogens is 1. The zero-order chi connectivity index (χ0) is 18.7. The molecule has 0 saturated carbocycles. The van der Waals surface area contributed by atoms with Crippen molar-refractivity contribution in [3.63, 3.8) is 0 Å². The van der Waals surface area contributed by atoms with Gasteiger partial charge in [-0.25, -0.2) is 9.89 Å². The molecule has 0 fully saturated rings. The fourth-order valence-corrected chi connectivity index (χ4v) is 3.65. The van der Waals surface area contributed by atoms with Gasteiger partial charge in [0.05, 0.1) is 11.7 Å². The largest absolute Gasteiger partial charge is 0.385 e. The molecule has 26 heavy (non-hydrogen) atoms. The monoisotopic (exact) mass is 376 g/mol. The molecule has 9 heteroatoms. The predicted molar refractivity (Wildman–Crippen MR) is 97.9 cm³/mol. The van der Waals surface area contributed by atoms with E-state index in [0.717, 1.165) is 11.3 Å². The number of nitrogens with one attached hydrogen (secondary N) is 2. The van der Waals surface area contributed by atoms with Gasteiger partial charge in [0.15, 0.2) is 10.9 Å². The van der Waals surface area contributed by atoms with Crippen LogP contribution in [0.15, 0.2) is 28.2 Å². The standard InChI is InChI=1S/C17H20N4O4S/c1-10-12-8-11(4-5-13(12)18-15(10)23)14(22)9-26-17-20-19-16(24)21(17)6-3-7-25-2/h4-5,8,10H,3,6-7,9H2,1-2H3,(H,18,23)(H,19,24)/t10-/m1/s1. The number of amides is 1. The topological polar surface area (TPSA) is 106 Å². The van der Waals surface area contributed by atoms with Crippen LogP contribution in [0.25, 0.3) is 0 Å². The molecular formula is C17H20N4O4S. The summed E-state index contributed by atoms with van der Waals surface area (Å²) >= 11 is 1.21. The lowest BCUT2D eigenvalue weighted by Crippen LogP contribution is -2.18. The molecule has 0 saturated heterocycles. The summed E-state index contributed by atoms with van der Waals surface area (Å²) in [7, 11) is 1.60. The molecule has 1 aromatic heterocycles. The average molecular weight is 376 g/mol. The summed E-state index contributed by atoms with van der Waals surface area (Å²) in [6, 6.07) is 5.22. The molecule has 0 unspecified atom stereocenters. The first-order valence-electron chi connectivity index (χ1n) is 8.26. The van der Waals surface area contributed by atoms with Gasteiger partial charge in [-0.2, -0.15) is 0 Å². The Balaban J connectivity index is 1.67. The Morgan fingerprint density at radius 2 is 2.19 bits per heavy atom. The van der Waals surface area contributed by atoms with Crippen molar-refractivity contribution in [1.82, 2.24) is 14.8 Å². The number of carbonyl (C=O) groups is 2. The number of ketones is 1. The van der Waals surface area contributed by atoms with Crippen molar-refractivity contribution in [1.29, 1.82) is 0 Å². The van der Waals surface area contributed by atoms with Gasteiger partial charge in [0.25, 0.3) is 0 Å². The maximum Gasteiger partial charge on any atom is 0.343 e. The van der Waals surface area contributed by atoms with Crippen molar-refractivity contribution < 1.29 is 14.3 Å². The third-order valence-electron chi connectivity index (χ3n) is 4.28. The minimum atomic E-state index is -0.299. The lowest BCUT2D eigenvalue weighted by Gasteiger charge is -2.06. The molecule has 0 spiro atoms. The highest BCUT2D eigenvalue weighted by atomic mass is 32.2. The van der Waals surface area contributed by atoms with E-state index in [-0.39, 0.29) is 29.1 Å². The number of nitrogens with zero attached hydrogens (tertiary/aromatic N) is 2. The van der Waals surface area contributed by atoms with Crippen molar-refractivity contribution in [2.75, 3.05) is 24.8 Å². The number of carbonyl (C=O) groups excluding carboxylic acids is 2. The first-order chi connectivity index (χ1) is 12.5. The third-order valence-corrected chi connectivity index (χ3v) is 5.25. The minimum Gasteiger partial charge on any atom is -0.385 e. The number of Topliss-reactive ketones (excluding diaryl/α,β-unsaturated/α-hetero) is 1. The van der Waals surface area contributed by atoms with Crippen molar-refractivity contribution in [3.05, 3.63) is 39.8 Å². The molecule has 1 aromatic carbocycles. The summed E-state index contributed by atoms with van der Waals surface area (Å²) in [6.07, 6.45) is 0.682. The molecule has 1 aliphatic heterocycles. The minimum absolute atomic E-state index is 0.0597. The van der Waals surface area contributed by atoms with Crippen LogP contribution in [-0.2, 0) is 16.1 Å². The van der Waals surface area contributed by atoms with Crippen LogP contribution in [-0.4, -0.2) is 45.9 Å². The second-order valence-electron chi connectivity index (χ2n) is 6.03.